The predicted molar refractivity (Wildman–Crippen MR) is 95.3 cm³/mol. The van der Waals surface area contributed by atoms with E-state index in [2.05, 4.69) is 33.8 Å². The Balaban J connectivity index is 1.94. The van der Waals surface area contributed by atoms with E-state index in [0.717, 1.165) is 23.7 Å². The minimum Gasteiger partial charge on any atom is -0.508 e. The van der Waals surface area contributed by atoms with Crippen molar-refractivity contribution in [3.63, 3.8) is 0 Å². The van der Waals surface area contributed by atoms with Crippen molar-refractivity contribution in [3.8, 4) is 11.5 Å². The van der Waals surface area contributed by atoms with Gasteiger partial charge < -0.3 is 9.84 Å². The average molecular weight is 316 g/mol. The summed E-state index contributed by atoms with van der Waals surface area (Å²) in [6, 6.07) is 4.19. The quantitative estimate of drug-likeness (QED) is 0.710. The molecule has 0 spiro atoms. The number of unbranched alkanes of at least 4 members (excludes halogenated alkanes) is 2. The summed E-state index contributed by atoms with van der Waals surface area (Å²) in [5, 5.41) is 10.7. The van der Waals surface area contributed by atoms with Crippen LogP contribution in [0.2, 0.25) is 0 Å². The molecule has 1 N–H and O–H groups in total. The molecule has 1 aromatic carbocycles. The number of ether oxygens (including phenoxy) is 1. The van der Waals surface area contributed by atoms with Crippen LogP contribution in [-0.2, 0) is 6.42 Å². The molecule has 1 saturated carbocycles. The van der Waals surface area contributed by atoms with Gasteiger partial charge in [0.1, 0.15) is 17.1 Å². The van der Waals surface area contributed by atoms with Crippen molar-refractivity contribution in [2.75, 3.05) is 0 Å². The molecule has 1 unspecified atom stereocenters. The van der Waals surface area contributed by atoms with Gasteiger partial charge >= 0.3 is 0 Å². The van der Waals surface area contributed by atoms with Gasteiger partial charge in [0, 0.05) is 11.5 Å². The van der Waals surface area contributed by atoms with Crippen LogP contribution in [-0.4, -0.2) is 10.7 Å². The summed E-state index contributed by atoms with van der Waals surface area (Å²) in [6.07, 6.45) is 8.33. The lowest BCUT2D eigenvalue weighted by Crippen LogP contribution is -2.46. The summed E-state index contributed by atoms with van der Waals surface area (Å²) in [6.45, 7) is 9.02. The van der Waals surface area contributed by atoms with Gasteiger partial charge in [-0.05, 0) is 69.1 Å². The summed E-state index contributed by atoms with van der Waals surface area (Å²) in [7, 11) is 0. The molecule has 2 aliphatic rings. The number of aromatic hydroxyl groups is 1. The zero-order valence-corrected chi connectivity index (χ0v) is 15.2. The Labute approximate surface area is 141 Å². The second-order valence-electron chi connectivity index (χ2n) is 8.32. The predicted octanol–water partition coefficient (Wildman–Crippen LogP) is 5.82. The van der Waals surface area contributed by atoms with Gasteiger partial charge in [-0.25, -0.2) is 0 Å². The van der Waals surface area contributed by atoms with Crippen molar-refractivity contribution < 1.29 is 9.84 Å². The summed E-state index contributed by atoms with van der Waals surface area (Å²) in [4.78, 5) is 0. The van der Waals surface area contributed by atoms with Crippen LogP contribution in [0.5, 0.6) is 11.5 Å². The molecule has 1 heterocycles. The van der Waals surface area contributed by atoms with Gasteiger partial charge in [-0.2, -0.15) is 0 Å². The van der Waals surface area contributed by atoms with E-state index in [1.807, 2.05) is 6.07 Å². The second kappa shape index (κ2) is 6.37. The van der Waals surface area contributed by atoms with E-state index in [9.17, 15) is 5.11 Å². The van der Waals surface area contributed by atoms with Crippen LogP contribution in [0.3, 0.4) is 0 Å². The molecular formula is C21H32O2. The average Bonchev–Trinajstić information content (AvgIpc) is 2.46. The van der Waals surface area contributed by atoms with Crippen molar-refractivity contribution in [2.45, 2.75) is 84.2 Å². The highest BCUT2D eigenvalue weighted by Crippen LogP contribution is 2.55. The van der Waals surface area contributed by atoms with E-state index >= 15 is 0 Å². The minimum atomic E-state index is -0.133. The Morgan fingerprint density at radius 3 is 2.74 bits per heavy atom. The van der Waals surface area contributed by atoms with Crippen LogP contribution in [0.4, 0.5) is 0 Å². The first-order valence-electron chi connectivity index (χ1n) is 9.47. The minimum absolute atomic E-state index is 0.133. The molecule has 128 valence electrons. The molecule has 3 rings (SSSR count). The molecule has 1 aliphatic carbocycles. The fourth-order valence-corrected chi connectivity index (χ4v) is 4.74. The maximum Gasteiger partial charge on any atom is 0.127 e. The van der Waals surface area contributed by atoms with Gasteiger partial charge in [0.2, 0.25) is 0 Å². The lowest BCUT2D eigenvalue weighted by Gasteiger charge is -2.48. The fraction of sp³-hybridized carbons (Fsp3) is 0.714. The molecule has 3 atom stereocenters. The largest absolute Gasteiger partial charge is 0.508 e. The molecule has 0 aromatic heterocycles. The lowest BCUT2D eigenvalue weighted by molar-refractivity contribution is -0.0145. The van der Waals surface area contributed by atoms with Gasteiger partial charge in [-0.15, -0.1) is 0 Å². The Kier molecular flexibility index (Phi) is 4.62. The number of phenols is 1. The number of hydrogen-bond donors (Lipinski definition) is 1. The first-order valence-corrected chi connectivity index (χ1v) is 9.47. The first kappa shape index (κ1) is 16.7. The molecular weight excluding hydrogens is 284 g/mol. The molecule has 23 heavy (non-hydrogen) atoms. The Morgan fingerprint density at radius 1 is 1.22 bits per heavy atom. The molecule has 0 radical (unpaired) electrons. The van der Waals surface area contributed by atoms with Crippen LogP contribution >= 0.6 is 0 Å². The van der Waals surface area contributed by atoms with E-state index < -0.39 is 0 Å². The molecule has 0 saturated heterocycles. The summed E-state index contributed by atoms with van der Waals surface area (Å²) in [5.74, 6) is 3.11. The second-order valence-corrected chi connectivity index (χ2v) is 8.32. The molecule has 1 aliphatic heterocycles. The number of hydrogen-bond acceptors (Lipinski definition) is 2. The van der Waals surface area contributed by atoms with Crippen LogP contribution < -0.4 is 4.74 Å². The van der Waals surface area contributed by atoms with E-state index in [-0.39, 0.29) is 5.60 Å². The third-order valence-corrected chi connectivity index (χ3v) is 6.00. The van der Waals surface area contributed by atoms with Crippen molar-refractivity contribution in [3.05, 3.63) is 23.3 Å². The van der Waals surface area contributed by atoms with E-state index in [4.69, 9.17) is 4.74 Å². The number of rotatable bonds is 4. The zero-order valence-electron chi connectivity index (χ0n) is 15.2. The molecule has 2 nitrogen and oxygen atoms in total. The van der Waals surface area contributed by atoms with E-state index in [0.29, 0.717) is 17.6 Å². The number of phenolic OH excluding ortho intramolecular Hbond substituents is 1. The molecule has 0 amide bonds. The Bertz CT molecular complexity index is 561. The van der Waals surface area contributed by atoms with Crippen molar-refractivity contribution in [1.29, 1.82) is 0 Å². The first-order chi connectivity index (χ1) is 10.9. The molecule has 2 heteroatoms. The summed E-state index contributed by atoms with van der Waals surface area (Å²) < 4.78 is 6.39. The van der Waals surface area contributed by atoms with Crippen molar-refractivity contribution in [1.82, 2.24) is 0 Å². The Morgan fingerprint density at radius 2 is 2.00 bits per heavy atom. The van der Waals surface area contributed by atoms with Crippen LogP contribution in [0.25, 0.3) is 0 Å². The monoisotopic (exact) mass is 316 g/mol. The summed E-state index contributed by atoms with van der Waals surface area (Å²) in [5.41, 5.74) is 2.17. The van der Waals surface area contributed by atoms with E-state index in [1.165, 1.54) is 44.1 Å². The van der Waals surface area contributed by atoms with Crippen LogP contribution in [0.15, 0.2) is 12.1 Å². The van der Waals surface area contributed by atoms with Gasteiger partial charge in [0.05, 0.1) is 0 Å². The van der Waals surface area contributed by atoms with Gasteiger partial charge in [-0.1, -0.05) is 33.1 Å². The van der Waals surface area contributed by atoms with Crippen molar-refractivity contribution in [2.24, 2.45) is 11.8 Å². The SMILES string of the molecule is CCCCCc1cc(O)c2c(c1)OC(C)(C)C1CC[C@H](C)C[C@@H]21. The van der Waals surface area contributed by atoms with Crippen LogP contribution in [0.1, 0.15) is 83.3 Å². The highest BCUT2D eigenvalue weighted by Gasteiger charge is 2.47. The maximum absolute atomic E-state index is 10.7. The number of fused-ring (bicyclic) bond motifs is 3. The molecule has 1 fully saturated rings. The van der Waals surface area contributed by atoms with Gasteiger partial charge in [0.15, 0.2) is 0 Å². The molecule has 1 aromatic rings. The number of benzene rings is 1. The fourth-order valence-electron chi connectivity index (χ4n) is 4.74. The summed E-state index contributed by atoms with van der Waals surface area (Å²) >= 11 is 0. The third-order valence-electron chi connectivity index (χ3n) is 6.00. The topological polar surface area (TPSA) is 29.5 Å². The Hall–Kier alpha value is -1.18. The normalized spacial score (nSPS) is 28.6. The highest BCUT2D eigenvalue weighted by molar-refractivity contribution is 5.52. The van der Waals surface area contributed by atoms with Crippen molar-refractivity contribution >= 4 is 0 Å². The van der Waals surface area contributed by atoms with Crippen LogP contribution in [0, 0.1) is 11.8 Å². The van der Waals surface area contributed by atoms with Gasteiger partial charge in [-0.3, -0.25) is 0 Å². The standard InChI is InChI=1S/C21H32O2/c1-5-6-7-8-15-12-18(22)20-16-11-14(2)9-10-17(16)21(3,4)23-19(20)13-15/h12-14,16-17,22H,5-11H2,1-4H3/t14-,16+,17?/m0/s1. The highest BCUT2D eigenvalue weighted by atomic mass is 16.5. The molecule has 0 bridgehead atoms. The maximum atomic E-state index is 10.7. The lowest BCUT2D eigenvalue weighted by atomic mass is 9.64. The smallest absolute Gasteiger partial charge is 0.127 e. The van der Waals surface area contributed by atoms with E-state index in [1.54, 1.807) is 0 Å². The third kappa shape index (κ3) is 3.22. The van der Waals surface area contributed by atoms with Gasteiger partial charge in [0.25, 0.3) is 0 Å². The number of aryl methyl sites for hydroxylation is 1. The zero-order chi connectivity index (χ0) is 16.6.